The highest BCUT2D eigenvalue weighted by atomic mass is 32.2. The van der Waals surface area contributed by atoms with Crippen molar-refractivity contribution in [2.75, 3.05) is 6.26 Å². The molecule has 0 aliphatic rings. The van der Waals surface area contributed by atoms with Crippen LogP contribution in [0.15, 0.2) is 47.9 Å². The van der Waals surface area contributed by atoms with Gasteiger partial charge in [0.05, 0.1) is 18.0 Å². The monoisotopic (exact) mass is 404 g/mol. The van der Waals surface area contributed by atoms with Gasteiger partial charge in [-0.3, -0.25) is 9.59 Å². The van der Waals surface area contributed by atoms with E-state index in [1.165, 1.54) is 6.08 Å². The third kappa shape index (κ3) is 7.11. The highest BCUT2D eigenvalue weighted by Crippen LogP contribution is 2.13. The molecule has 1 amide bonds. The molecule has 1 aromatic heterocycles. The predicted octanol–water partition coefficient (Wildman–Crippen LogP) is 2.62. The number of ether oxygens (including phenoxy) is 1. The molecule has 0 unspecified atom stereocenters. The number of aromatic nitrogens is 1. The fourth-order valence-electron chi connectivity index (χ4n) is 2.40. The Morgan fingerprint density at radius 3 is 2.50 bits per heavy atom. The van der Waals surface area contributed by atoms with Crippen LogP contribution >= 0.6 is 0 Å². The lowest BCUT2D eigenvalue weighted by molar-refractivity contribution is -0.155. The second kappa shape index (κ2) is 8.52. The van der Waals surface area contributed by atoms with Gasteiger partial charge in [-0.05, 0) is 32.9 Å². The summed E-state index contributed by atoms with van der Waals surface area (Å²) < 4.78 is 28.1. The molecule has 150 valence electrons. The lowest BCUT2D eigenvalue weighted by atomic mass is 10.1. The summed E-state index contributed by atoms with van der Waals surface area (Å²) in [5, 5.41) is 4.48. The van der Waals surface area contributed by atoms with E-state index in [1.807, 2.05) is 18.2 Å². The first-order chi connectivity index (χ1) is 12.9. The molecule has 0 bridgehead atoms. The first-order valence-corrected chi connectivity index (χ1v) is 10.7. The molecule has 8 heteroatoms. The predicted molar refractivity (Wildman–Crippen MR) is 107 cm³/mol. The van der Waals surface area contributed by atoms with E-state index in [9.17, 15) is 18.0 Å². The second-order valence-electron chi connectivity index (χ2n) is 7.42. The molecule has 0 aliphatic carbocycles. The Hall–Kier alpha value is -2.74. The number of para-hydroxylation sites is 1. The molecule has 1 aromatic carbocycles. The minimum Gasteiger partial charge on any atom is -0.460 e. The number of carbonyl (C=O) groups is 2. The fraction of sp³-hybridized carbons (Fsp3) is 0.350. The fourth-order valence-corrected chi connectivity index (χ4v) is 2.88. The molecule has 0 spiro atoms. The van der Waals surface area contributed by atoms with Crippen LogP contribution in [0.4, 0.5) is 0 Å². The number of hydrogen-bond acceptors (Lipinski definition) is 6. The Morgan fingerprint density at radius 2 is 1.86 bits per heavy atom. The van der Waals surface area contributed by atoms with Crippen LogP contribution in [0.25, 0.3) is 10.9 Å². The van der Waals surface area contributed by atoms with Crippen molar-refractivity contribution in [3.8, 4) is 0 Å². The van der Waals surface area contributed by atoms with Crippen LogP contribution in [0.5, 0.6) is 0 Å². The Balaban J connectivity index is 2.20. The summed E-state index contributed by atoms with van der Waals surface area (Å²) in [5.74, 6) is -1.07. The largest absolute Gasteiger partial charge is 0.460 e. The Labute approximate surface area is 164 Å². The zero-order chi connectivity index (χ0) is 20.9. The van der Waals surface area contributed by atoms with Crippen molar-refractivity contribution in [2.45, 2.75) is 38.8 Å². The van der Waals surface area contributed by atoms with E-state index in [0.717, 1.165) is 17.1 Å². The smallest absolute Gasteiger partial charge is 0.308 e. The van der Waals surface area contributed by atoms with Gasteiger partial charge < -0.3 is 10.1 Å². The number of benzene rings is 1. The molecule has 2 rings (SSSR count). The van der Waals surface area contributed by atoms with E-state index in [-0.39, 0.29) is 12.1 Å². The number of pyridine rings is 1. The van der Waals surface area contributed by atoms with Crippen LogP contribution in [0.3, 0.4) is 0 Å². The molecule has 0 saturated carbocycles. The minimum atomic E-state index is -3.42. The molecule has 2 aromatic rings. The summed E-state index contributed by atoms with van der Waals surface area (Å²) in [4.78, 5) is 29.0. The SMILES string of the molecule is CC(C)(C)OC(=O)C[C@@H](/C=C/S(C)(=O)=O)NC(=O)c1ccc2ccccc2n1. The maximum atomic E-state index is 12.6. The number of hydrogen-bond donors (Lipinski definition) is 1. The number of carbonyl (C=O) groups excluding carboxylic acids is 2. The van der Waals surface area contributed by atoms with Crippen molar-refractivity contribution in [1.29, 1.82) is 0 Å². The molecule has 0 radical (unpaired) electrons. The van der Waals surface area contributed by atoms with Gasteiger partial charge in [0, 0.05) is 17.1 Å². The molecule has 1 atom stereocenters. The van der Waals surface area contributed by atoms with Gasteiger partial charge in [-0.15, -0.1) is 0 Å². The van der Waals surface area contributed by atoms with E-state index in [4.69, 9.17) is 4.74 Å². The molecule has 7 nitrogen and oxygen atoms in total. The average molecular weight is 404 g/mol. The third-order valence-electron chi connectivity index (χ3n) is 3.51. The Bertz CT molecular complexity index is 1010. The van der Waals surface area contributed by atoms with Gasteiger partial charge in [0.15, 0.2) is 9.84 Å². The van der Waals surface area contributed by atoms with Crippen molar-refractivity contribution in [1.82, 2.24) is 10.3 Å². The van der Waals surface area contributed by atoms with Crippen LogP contribution in [-0.2, 0) is 19.4 Å². The van der Waals surface area contributed by atoms with Crippen molar-refractivity contribution in [3.05, 3.63) is 53.6 Å². The highest BCUT2D eigenvalue weighted by Gasteiger charge is 2.21. The molecule has 0 saturated heterocycles. The van der Waals surface area contributed by atoms with Crippen molar-refractivity contribution in [3.63, 3.8) is 0 Å². The lowest BCUT2D eigenvalue weighted by Crippen LogP contribution is -2.37. The van der Waals surface area contributed by atoms with Gasteiger partial charge in [-0.25, -0.2) is 13.4 Å². The van der Waals surface area contributed by atoms with Crippen LogP contribution in [0.2, 0.25) is 0 Å². The van der Waals surface area contributed by atoms with E-state index in [1.54, 1.807) is 39.0 Å². The van der Waals surface area contributed by atoms with Gasteiger partial charge in [-0.2, -0.15) is 0 Å². The molecule has 1 N–H and O–H groups in total. The van der Waals surface area contributed by atoms with E-state index < -0.39 is 33.4 Å². The Kier molecular flexibility index (Phi) is 6.56. The van der Waals surface area contributed by atoms with Crippen LogP contribution in [0.1, 0.15) is 37.7 Å². The van der Waals surface area contributed by atoms with Crippen molar-refractivity contribution < 1.29 is 22.7 Å². The zero-order valence-corrected chi connectivity index (χ0v) is 17.1. The van der Waals surface area contributed by atoms with Crippen molar-refractivity contribution in [2.24, 2.45) is 0 Å². The molecular formula is C20H24N2O5S. The number of rotatable bonds is 6. The number of fused-ring (bicyclic) bond motifs is 1. The van der Waals surface area contributed by atoms with E-state index in [2.05, 4.69) is 10.3 Å². The van der Waals surface area contributed by atoms with Gasteiger partial charge in [-0.1, -0.05) is 30.3 Å². The van der Waals surface area contributed by atoms with Crippen molar-refractivity contribution >= 4 is 32.6 Å². The third-order valence-corrected chi connectivity index (χ3v) is 4.16. The van der Waals surface area contributed by atoms with Crippen LogP contribution < -0.4 is 5.32 Å². The number of sulfone groups is 1. The molecule has 0 fully saturated rings. The Morgan fingerprint density at radius 1 is 1.18 bits per heavy atom. The quantitative estimate of drug-likeness (QED) is 0.743. The molecule has 1 heterocycles. The summed E-state index contributed by atoms with van der Waals surface area (Å²) in [6.07, 6.45) is 2.08. The average Bonchev–Trinajstić information content (AvgIpc) is 2.56. The molecule has 0 aliphatic heterocycles. The van der Waals surface area contributed by atoms with Crippen LogP contribution in [0, 0.1) is 0 Å². The maximum Gasteiger partial charge on any atom is 0.308 e. The summed E-state index contributed by atoms with van der Waals surface area (Å²) in [5.41, 5.74) is 0.137. The number of nitrogens with zero attached hydrogens (tertiary/aromatic N) is 1. The van der Waals surface area contributed by atoms with Crippen LogP contribution in [-0.4, -0.2) is 43.2 Å². The van der Waals surface area contributed by atoms with E-state index in [0.29, 0.717) is 5.52 Å². The number of nitrogens with one attached hydrogen (secondary N) is 1. The van der Waals surface area contributed by atoms with E-state index >= 15 is 0 Å². The zero-order valence-electron chi connectivity index (χ0n) is 16.3. The van der Waals surface area contributed by atoms with Gasteiger partial charge in [0.25, 0.3) is 5.91 Å². The summed E-state index contributed by atoms with van der Waals surface area (Å²) in [7, 11) is -3.42. The molecular weight excluding hydrogens is 380 g/mol. The number of amides is 1. The lowest BCUT2D eigenvalue weighted by Gasteiger charge is -2.21. The normalized spacial score (nSPS) is 13.4. The molecule has 28 heavy (non-hydrogen) atoms. The van der Waals surface area contributed by atoms with Gasteiger partial charge in [0.2, 0.25) is 0 Å². The summed E-state index contributed by atoms with van der Waals surface area (Å²) in [6.45, 7) is 5.18. The minimum absolute atomic E-state index is 0.167. The first-order valence-electron chi connectivity index (χ1n) is 8.70. The standard InChI is InChI=1S/C20H24N2O5S/c1-20(2,3)27-18(23)13-15(11-12-28(4,25)26)21-19(24)17-10-9-14-7-5-6-8-16(14)22-17/h5-12,15H,13H2,1-4H3,(H,21,24)/b12-11+/t15-/m1/s1. The topological polar surface area (TPSA) is 102 Å². The maximum absolute atomic E-state index is 12.6. The first kappa shape index (κ1) is 21.6. The summed E-state index contributed by atoms with van der Waals surface area (Å²) >= 11 is 0. The highest BCUT2D eigenvalue weighted by molar-refractivity contribution is 7.93. The second-order valence-corrected chi connectivity index (χ2v) is 9.35. The van der Waals surface area contributed by atoms with Gasteiger partial charge >= 0.3 is 5.97 Å². The van der Waals surface area contributed by atoms with Gasteiger partial charge in [0.1, 0.15) is 11.3 Å². The summed E-state index contributed by atoms with van der Waals surface area (Å²) in [6, 6.07) is 9.84. The number of esters is 1.